The van der Waals surface area contributed by atoms with E-state index >= 15 is 0 Å². The summed E-state index contributed by atoms with van der Waals surface area (Å²) in [5.74, 6) is 1.08. The average molecular weight is 421 g/mol. The number of nitrogens with zero attached hydrogens (tertiary/aromatic N) is 1. The lowest BCUT2D eigenvalue weighted by molar-refractivity contribution is -0.131. The first-order valence-corrected chi connectivity index (χ1v) is 10.3. The third-order valence-corrected chi connectivity index (χ3v) is 5.19. The van der Waals surface area contributed by atoms with Crippen LogP contribution in [-0.2, 0) is 11.3 Å². The van der Waals surface area contributed by atoms with Gasteiger partial charge in [-0.1, -0.05) is 36.4 Å². The Morgan fingerprint density at radius 2 is 1.65 bits per heavy atom. The van der Waals surface area contributed by atoms with E-state index in [9.17, 15) is 9.59 Å². The molecule has 0 aromatic heterocycles. The summed E-state index contributed by atoms with van der Waals surface area (Å²) in [6.45, 7) is 3.26. The van der Waals surface area contributed by atoms with E-state index in [4.69, 9.17) is 9.47 Å². The van der Waals surface area contributed by atoms with E-state index in [0.717, 1.165) is 16.3 Å². The van der Waals surface area contributed by atoms with Gasteiger partial charge < -0.3 is 19.7 Å². The summed E-state index contributed by atoms with van der Waals surface area (Å²) in [6.07, 6.45) is 0.237. The van der Waals surface area contributed by atoms with Crippen LogP contribution >= 0.6 is 0 Å². The van der Waals surface area contributed by atoms with Crippen LogP contribution in [0.15, 0.2) is 60.7 Å². The molecule has 0 fully saturated rings. The van der Waals surface area contributed by atoms with E-state index in [2.05, 4.69) is 5.32 Å². The molecule has 0 saturated carbocycles. The van der Waals surface area contributed by atoms with E-state index in [1.807, 2.05) is 61.5 Å². The Labute approximate surface area is 182 Å². The number of hydrogen-bond donors (Lipinski definition) is 1. The molecule has 0 spiro atoms. The highest BCUT2D eigenvalue weighted by molar-refractivity contribution is 5.98. The summed E-state index contributed by atoms with van der Waals surface area (Å²) in [4.78, 5) is 26.9. The summed E-state index contributed by atoms with van der Waals surface area (Å²) in [7, 11) is 3.17. The van der Waals surface area contributed by atoms with Gasteiger partial charge in [-0.05, 0) is 47.5 Å². The highest BCUT2D eigenvalue weighted by Crippen LogP contribution is 2.28. The van der Waals surface area contributed by atoms with Crippen LogP contribution < -0.4 is 14.8 Å². The first-order valence-electron chi connectivity index (χ1n) is 10.3. The number of amides is 2. The van der Waals surface area contributed by atoms with E-state index in [-0.39, 0.29) is 24.8 Å². The second kappa shape index (κ2) is 10.5. The van der Waals surface area contributed by atoms with Gasteiger partial charge in [0, 0.05) is 31.6 Å². The predicted octanol–water partition coefficient (Wildman–Crippen LogP) is 4.03. The largest absolute Gasteiger partial charge is 0.493 e. The van der Waals surface area contributed by atoms with E-state index in [1.54, 1.807) is 25.2 Å². The van der Waals surface area contributed by atoms with Gasteiger partial charge in [0.25, 0.3) is 5.91 Å². The summed E-state index contributed by atoms with van der Waals surface area (Å²) in [6, 6.07) is 19.1. The number of methoxy groups -OCH3 is 2. The fourth-order valence-corrected chi connectivity index (χ4v) is 3.45. The van der Waals surface area contributed by atoms with Crippen molar-refractivity contribution >= 4 is 22.6 Å². The van der Waals surface area contributed by atoms with Crippen LogP contribution in [0.1, 0.15) is 29.3 Å². The number of benzene rings is 3. The van der Waals surface area contributed by atoms with E-state index in [0.29, 0.717) is 30.2 Å². The molecule has 3 aromatic carbocycles. The van der Waals surface area contributed by atoms with Gasteiger partial charge >= 0.3 is 0 Å². The highest BCUT2D eigenvalue weighted by Gasteiger charge is 2.14. The van der Waals surface area contributed by atoms with Gasteiger partial charge in [0.2, 0.25) is 5.91 Å². The fourth-order valence-electron chi connectivity index (χ4n) is 3.45. The minimum absolute atomic E-state index is 0.0175. The molecule has 0 bridgehead atoms. The molecule has 162 valence electrons. The average Bonchev–Trinajstić information content (AvgIpc) is 2.81. The minimum Gasteiger partial charge on any atom is -0.493 e. The number of fused-ring (bicyclic) bond motifs is 1. The zero-order valence-electron chi connectivity index (χ0n) is 18.2. The second-order valence-electron chi connectivity index (χ2n) is 7.17. The Hall–Kier alpha value is -3.54. The topological polar surface area (TPSA) is 67.9 Å². The smallest absolute Gasteiger partial charge is 0.251 e. The highest BCUT2D eigenvalue weighted by atomic mass is 16.5. The van der Waals surface area contributed by atoms with Gasteiger partial charge in [-0.3, -0.25) is 9.59 Å². The number of ether oxygens (including phenoxy) is 2. The lowest BCUT2D eigenvalue weighted by Gasteiger charge is -2.22. The van der Waals surface area contributed by atoms with Gasteiger partial charge in [-0.15, -0.1) is 0 Å². The molecule has 0 radical (unpaired) electrons. The molecule has 0 atom stereocenters. The maximum atomic E-state index is 12.7. The summed E-state index contributed by atoms with van der Waals surface area (Å²) < 4.78 is 10.6. The fraction of sp³-hybridized carbons (Fsp3) is 0.280. The molecule has 6 nitrogen and oxygen atoms in total. The van der Waals surface area contributed by atoms with Crippen LogP contribution in [0.4, 0.5) is 0 Å². The Morgan fingerprint density at radius 3 is 2.35 bits per heavy atom. The SMILES string of the molecule is CCN(Cc1ccc(OC)c(OC)c1)C(=O)CCNC(=O)c1ccc2ccccc2c1. The Balaban J connectivity index is 1.55. The van der Waals surface area contributed by atoms with Gasteiger partial charge in [-0.2, -0.15) is 0 Å². The van der Waals surface area contributed by atoms with Crippen LogP contribution in [0.25, 0.3) is 10.8 Å². The zero-order valence-corrected chi connectivity index (χ0v) is 18.2. The molecule has 3 aromatic rings. The molecule has 31 heavy (non-hydrogen) atoms. The van der Waals surface area contributed by atoms with Crippen LogP contribution in [0.3, 0.4) is 0 Å². The molecular weight excluding hydrogens is 392 g/mol. The predicted molar refractivity (Wildman–Crippen MR) is 122 cm³/mol. The lowest BCUT2D eigenvalue weighted by atomic mass is 10.1. The third-order valence-electron chi connectivity index (χ3n) is 5.19. The summed E-state index contributed by atoms with van der Waals surface area (Å²) in [5.41, 5.74) is 1.54. The van der Waals surface area contributed by atoms with Crippen molar-refractivity contribution in [1.29, 1.82) is 0 Å². The van der Waals surface area contributed by atoms with Crippen LogP contribution in [0, 0.1) is 0 Å². The Kier molecular flexibility index (Phi) is 7.49. The summed E-state index contributed by atoms with van der Waals surface area (Å²) >= 11 is 0. The number of nitrogens with one attached hydrogen (secondary N) is 1. The first kappa shape index (κ1) is 22.2. The molecule has 0 aliphatic rings. The maximum absolute atomic E-state index is 12.7. The molecule has 1 N–H and O–H groups in total. The van der Waals surface area contributed by atoms with Gasteiger partial charge in [-0.25, -0.2) is 0 Å². The molecular formula is C25H28N2O4. The van der Waals surface area contributed by atoms with Crippen LogP contribution in [-0.4, -0.2) is 44.0 Å². The first-order chi connectivity index (χ1) is 15.0. The summed E-state index contributed by atoms with van der Waals surface area (Å²) in [5, 5.41) is 4.95. The zero-order chi connectivity index (χ0) is 22.2. The molecule has 0 aliphatic heterocycles. The van der Waals surface area contributed by atoms with Crippen molar-refractivity contribution in [3.63, 3.8) is 0 Å². The van der Waals surface area contributed by atoms with Gasteiger partial charge in [0.05, 0.1) is 14.2 Å². The molecule has 3 rings (SSSR count). The van der Waals surface area contributed by atoms with Crippen molar-refractivity contribution in [3.8, 4) is 11.5 Å². The van der Waals surface area contributed by atoms with Crippen molar-refractivity contribution in [2.45, 2.75) is 19.9 Å². The van der Waals surface area contributed by atoms with Crippen molar-refractivity contribution in [3.05, 3.63) is 71.8 Å². The molecule has 0 heterocycles. The number of carbonyl (C=O) groups is 2. The van der Waals surface area contributed by atoms with Gasteiger partial charge in [0.1, 0.15) is 0 Å². The quantitative estimate of drug-likeness (QED) is 0.568. The number of rotatable bonds is 9. The number of hydrogen-bond acceptors (Lipinski definition) is 4. The molecule has 6 heteroatoms. The standard InChI is InChI=1S/C25H28N2O4/c1-4-27(17-18-9-12-22(30-2)23(15-18)31-3)24(28)13-14-26-25(29)21-11-10-19-7-5-6-8-20(19)16-21/h5-12,15-16H,4,13-14,17H2,1-3H3,(H,26,29). The molecule has 0 saturated heterocycles. The van der Waals surface area contributed by atoms with Crippen LogP contribution in [0.5, 0.6) is 11.5 Å². The van der Waals surface area contributed by atoms with Crippen LogP contribution in [0.2, 0.25) is 0 Å². The van der Waals surface area contributed by atoms with Crippen molar-refractivity contribution < 1.29 is 19.1 Å². The molecule has 0 aliphatic carbocycles. The van der Waals surface area contributed by atoms with Crippen molar-refractivity contribution in [2.75, 3.05) is 27.3 Å². The normalized spacial score (nSPS) is 10.5. The minimum atomic E-state index is -0.179. The lowest BCUT2D eigenvalue weighted by Crippen LogP contribution is -2.34. The molecule has 0 unspecified atom stereocenters. The van der Waals surface area contributed by atoms with E-state index < -0.39 is 0 Å². The monoisotopic (exact) mass is 420 g/mol. The maximum Gasteiger partial charge on any atom is 0.251 e. The van der Waals surface area contributed by atoms with Crippen molar-refractivity contribution in [2.24, 2.45) is 0 Å². The Morgan fingerprint density at radius 1 is 0.903 bits per heavy atom. The second-order valence-corrected chi connectivity index (χ2v) is 7.17. The third kappa shape index (κ3) is 5.54. The van der Waals surface area contributed by atoms with Gasteiger partial charge in [0.15, 0.2) is 11.5 Å². The Bertz CT molecular complexity index is 1060. The number of carbonyl (C=O) groups excluding carboxylic acids is 2. The van der Waals surface area contributed by atoms with Crippen molar-refractivity contribution in [1.82, 2.24) is 10.2 Å². The van der Waals surface area contributed by atoms with E-state index in [1.165, 1.54) is 0 Å². The molecule has 2 amide bonds.